The van der Waals surface area contributed by atoms with E-state index in [1.165, 1.54) is 26.0 Å². The maximum Gasteiger partial charge on any atom is 0.240 e. The number of nitrogens with zero attached hydrogens (tertiary/aromatic N) is 2. The van der Waals surface area contributed by atoms with Crippen molar-refractivity contribution in [2.45, 2.75) is 19.4 Å². The van der Waals surface area contributed by atoms with E-state index in [-0.39, 0.29) is 5.75 Å². The summed E-state index contributed by atoms with van der Waals surface area (Å²) >= 11 is 0. The predicted molar refractivity (Wildman–Crippen MR) is 70.7 cm³/mol. The summed E-state index contributed by atoms with van der Waals surface area (Å²) in [6.45, 7) is 1.55. The van der Waals surface area contributed by atoms with Crippen LogP contribution < -0.4 is 10.1 Å². The van der Waals surface area contributed by atoms with E-state index in [2.05, 4.69) is 15.5 Å². The second kappa shape index (κ2) is 5.58. The second-order valence-electron chi connectivity index (χ2n) is 4.94. The lowest BCUT2D eigenvalue weighted by molar-refractivity contribution is 0.366. The summed E-state index contributed by atoms with van der Waals surface area (Å²) in [5, 5.41) is 7.18. The number of aromatic nitrogens is 2. The van der Waals surface area contributed by atoms with Gasteiger partial charge < -0.3 is 14.6 Å². The Labute approximate surface area is 116 Å². The van der Waals surface area contributed by atoms with Crippen LogP contribution in [0.25, 0.3) is 11.4 Å². The van der Waals surface area contributed by atoms with Gasteiger partial charge in [0.15, 0.2) is 11.6 Å². The average Bonchev–Trinajstić information content (AvgIpc) is 3.16. The Morgan fingerprint density at radius 3 is 3.05 bits per heavy atom. The Hall–Kier alpha value is -1.95. The molecule has 6 heteroatoms. The summed E-state index contributed by atoms with van der Waals surface area (Å²) in [6.07, 6.45) is 2.61. The minimum Gasteiger partial charge on any atom is -0.494 e. The number of hydrogen-bond acceptors (Lipinski definition) is 5. The zero-order valence-corrected chi connectivity index (χ0v) is 11.2. The van der Waals surface area contributed by atoms with E-state index in [4.69, 9.17) is 9.26 Å². The summed E-state index contributed by atoms with van der Waals surface area (Å²) in [6, 6.07) is 4.49. The molecule has 1 aromatic heterocycles. The molecule has 0 unspecified atom stereocenters. The smallest absolute Gasteiger partial charge is 0.240 e. The average molecular weight is 277 g/mol. The van der Waals surface area contributed by atoms with Gasteiger partial charge in [-0.25, -0.2) is 4.39 Å². The molecule has 0 saturated heterocycles. The van der Waals surface area contributed by atoms with Crippen molar-refractivity contribution in [1.82, 2.24) is 15.5 Å². The molecule has 0 radical (unpaired) electrons. The van der Waals surface area contributed by atoms with Crippen molar-refractivity contribution >= 4 is 0 Å². The lowest BCUT2D eigenvalue weighted by Crippen LogP contribution is -2.16. The lowest BCUT2D eigenvalue weighted by atomic mass is 10.2. The minimum absolute atomic E-state index is 0.167. The molecule has 106 valence electrons. The zero-order valence-electron chi connectivity index (χ0n) is 11.2. The largest absolute Gasteiger partial charge is 0.494 e. The molecule has 0 bridgehead atoms. The van der Waals surface area contributed by atoms with Gasteiger partial charge in [-0.1, -0.05) is 5.16 Å². The summed E-state index contributed by atoms with van der Waals surface area (Å²) in [5.74, 6) is 1.53. The molecule has 1 fully saturated rings. The van der Waals surface area contributed by atoms with Crippen molar-refractivity contribution < 1.29 is 13.7 Å². The molecule has 1 aromatic carbocycles. The van der Waals surface area contributed by atoms with E-state index in [0.29, 0.717) is 23.8 Å². The van der Waals surface area contributed by atoms with Gasteiger partial charge in [0.2, 0.25) is 11.7 Å². The highest BCUT2D eigenvalue weighted by molar-refractivity contribution is 5.57. The summed E-state index contributed by atoms with van der Waals surface area (Å²) in [5.41, 5.74) is 0.667. The van der Waals surface area contributed by atoms with Crippen LogP contribution in [0.5, 0.6) is 5.75 Å². The monoisotopic (exact) mass is 277 g/mol. The molecule has 2 aromatic rings. The van der Waals surface area contributed by atoms with Crippen LogP contribution in [0.4, 0.5) is 4.39 Å². The Morgan fingerprint density at radius 2 is 2.30 bits per heavy atom. The quantitative estimate of drug-likeness (QED) is 0.878. The molecular weight excluding hydrogens is 261 g/mol. The first-order chi connectivity index (χ1) is 9.76. The number of methoxy groups -OCH3 is 1. The molecule has 1 aliphatic carbocycles. The third kappa shape index (κ3) is 2.96. The van der Waals surface area contributed by atoms with Crippen LogP contribution in [-0.4, -0.2) is 23.8 Å². The van der Waals surface area contributed by atoms with Crippen LogP contribution in [0.3, 0.4) is 0 Å². The highest BCUT2D eigenvalue weighted by atomic mass is 19.1. The number of halogens is 1. The molecule has 0 aliphatic heterocycles. The number of rotatable bonds is 6. The highest BCUT2D eigenvalue weighted by Crippen LogP contribution is 2.27. The van der Waals surface area contributed by atoms with Crippen LogP contribution in [0.2, 0.25) is 0 Å². The Morgan fingerprint density at radius 1 is 1.45 bits per heavy atom. The SMILES string of the molecule is COc1cc(-c2noc(CNCC3CC3)n2)ccc1F. The first-order valence-corrected chi connectivity index (χ1v) is 6.63. The van der Waals surface area contributed by atoms with E-state index in [1.54, 1.807) is 12.1 Å². The summed E-state index contributed by atoms with van der Waals surface area (Å²) in [4.78, 5) is 4.28. The van der Waals surface area contributed by atoms with Crippen LogP contribution in [0, 0.1) is 11.7 Å². The van der Waals surface area contributed by atoms with Gasteiger partial charge in [0, 0.05) is 5.56 Å². The number of hydrogen-bond donors (Lipinski definition) is 1. The van der Waals surface area contributed by atoms with Gasteiger partial charge >= 0.3 is 0 Å². The third-order valence-corrected chi connectivity index (χ3v) is 3.28. The fourth-order valence-electron chi connectivity index (χ4n) is 1.95. The summed E-state index contributed by atoms with van der Waals surface area (Å²) < 4.78 is 23.4. The molecular formula is C14H16FN3O2. The molecule has 0 amide bonds. The van der Waals surface area contributed by atoms with Crippen LogP contribution in [0.15, 0.2) is 22.7 Å². The van der Waals surface area contributed by atoms with Gasteiger partial charge in [-0.3, -0.25) is 0 Å². The van der Waals surface area contributed by atoms with Gasteiger partial charge in [0.05, 0.1) is 13.7 Å². The second-order valence-corrected chi connectivity index (χ2v) is 4.94. The first kappa shape index (κ1) is 13.1. The van der Waals surface area contributed by atoms with Gasteiger partial charge in [-0.15, -0.1) is 0 Å². The van der Waals surface area contributed by atoms with E-state index >= 15 is 0 Å². The first-order valence-electron chi connectivity index (χ1n) is 6.63. The molecule has 0 spiro atoms. The standard InChI is InChI=1S/C14H16FN3O2/c1-19-12-6-10(4-5-11(12)15)14-17-13(20-18-14)8-16-7-9-2-3-9/h4-6,9,16H,2-3,7-8H2,1H3. The molecule has 1 aliphatic rings. The lowest BCUT2D eigenvalue weighted by Gasteiger charge is -2.02. The van der Waals surface area contributed by atoms with Crippen molar-refractivity contribution in [2.75, 3.05) is 13.7 Å². The van der Waals surface area contributed by atoms with Gasteiger partial charge in [-0.05, 0) is 43.5 Å². The summed E-state index contributed by atoms with van der Waals surface area (Å²) in [7, 11) is 1.42. The van der Waals surface area contributed by atoms with Crippen molar-refractivity contribution in [3.05, 3.63) is 29.9 Å². The van der Waals surface area contributed by atoms with Crippen molar-refractivity contribution in [3.63, 3.8) is 0 Å². The third-order valence-electron chi connectivity index (χ3n) is 3.28. The number of ether oxygens (including phenoxy) is 1. The van der Waals surface area contributed by atoms with Gasteiger partial charge in [0.25, 0.3) is 0 Å². The van der Waals surface area contributed by atoms with Crippen molar-refractivity contribution in [3.8, 4) is 17.1 Å². The molecule has 1 heterocycles. The molecule has 0 atom stereocenters. The van der Waals surface area contributed by atoms with E-state index in [0.717, 1.165) is 12.5 Å². The van der Waals surface area contributed by atoms with Crippen LogP contribution in [-0.2, 0) is 6.54 Å². The normalized spacial score (nSPS) is 14.5. The van der Waals surface area contributed by atoms with Gasteiger partial charge in [0.1, 0.15) is 0 Å². The maximum absolute atomic E-state index is 13.3. The van der Waals surface area contributed by atoms with E-state index in [1.807, 2.05) is 0 Å². The Bertz CT molecular complexity index is 596. The van der Waals surface area contributed by atoms with Gasteiger partial charge in [-0.2, -0.15) is 4.98 Å². The Balaban J connectivity index is 1.68. The topological polar surface area (TPSA) is 60.2 Å². The van der Waals surface area contributed by atoms with E-state index < -0.39 is 5.82 Å². The number of benzene rings is 1. The Kier molecular flexibility index (Phi) is 3.64. The minimum atomic E-state index is -0.411. The van der Waals surface area contributed by atoms with Crippen LogP contribution in [0.1, 0.15) is 18.7 Å². The fourth-order valence-corrected chi connectivity index (χ4v) is 1.95. The van der Waals surface area contributed by atoms with Crippen molar-refractivity contribution in [1.29, 1.82) is 0 Å². The van der Waals surface area contributed by atoms with Crippen LogP contribution >= 0.6 is 0 Å². The van der Waals surface area contributed by atoms with Crippen molar-refractivity contribution in [2.24, 2.45) is 5.92 Å². The van der Waals surface area contributed by atoms with E-state index in [9.17, 15) is 4.39 Å². The maximum atomic E-state index is 13.3. The molecule has 5 nitrogen and oxygen atoms in total. The molecule has 1 N–H and O–H groups in total. The zero-order chi connectivity index (χ0) is 13.9. The molecule has 1 saturated carbocycles. The number of nitrogens with one attached hydrogen (secondary N) is 1. The molecule has 20 heavy (non-hydrogen) atoms. The fraction of sp³-hybridized carbons (Fsp3) is 0.429. The molecule has 3 rings (SSSR count). The predicted octanol–water partition coefficient (Wildman–Crippen LogP) is 2.38. The highest BCUT2D eigenvalue weighted by Gasteiger charge is 2.20.